The number of nitrogens with one attached hydrogen (secondary N) is 2. The Balaban J connectivity index is 1.93. The summed E-state index contributed by atoms with van der Waals surface area (Å²) < 4.78 is 67.3. The van der Waals surface area contributed by atoms with Crippen LogP contribution in [0.5, 0.6) is 0 Å². The van der Waals surface area contributed by atoms with Crippen molar-refractivity contribution in [3.63, 3.8) is 0 Å². The van der Waals surface area contributed by atoms with Gasteiger partial charge < -0.3 is 5.32 Å². The van der Waals surface area contributed by atoms with Crippen LogP contribution in [0.15, 0.2) is 71.6 Å². The number of anilines is 2. The van der Waals surface area contributed by atoms with Gasteiger partial charge in [-0.3, -0.25) is 9.52 Å². The van der Waals surface area contributed by atoms with Gasteiger partial charge in [0.1, 0.15) is 4.90 Å². The van der Waals surface area contributed by atoms with Gasteiger partial charge in [0, 0.05) is 5.69 Å². The highest BCUT2D eigenvalue weighted by Crippen LogP contribution is 2.24. The molecule has 0 spiro atoms. The average molecular weight is 406 g/mol. The fraction of sp³-hybridized carbons (Fsp3) is 0. The summed E-state index contributed by atoms with van der Waals surface area (Å²) in [5, 5.41) is 2.59. The molecule has 0 aliphatic heterocycles. The highest BCUT2D eigenvalue weighted by Gasteiger charge is 2.25. The van der Waals surface area contributed by atoms with Crippen LogP contribution in [0.25, 0.3) is 0 Å². The van der Waals surface area contributed by atoms with Gasteiger partial charge in [-0.1, -0.05) is 30.3 Å². The zero-order valence-electron chi connectivity index (χ0n) is 14.1. The molecule has 0 bridgehead atoms. The first-order valence-electron chi connectivity index (χ1n) is 7.91. The molecule has 0 saturated heterocycles. The summed E-state index contributed by atoms with van der Waals surface area (Å²) in [6, 6.07) is 15.2. The second-order valence-corrected chi connectivity index (χ2v) is 7.30. The van der Waals surface area contributed by atoms with Gasteiger partial charge in [0.2, 0.25) is 0 Å². The van der Waals surface area contributed by atoms with E-state index >= 15 is 0 Å². The number of carbonyl (C=O) groups is 1. The maximum atomic E-state index is 13.9. The number of hydrogen-bond acceptors (Lipinski definition) is 3. The Morgan fingerprint density at radius 2 is 1.43 bits per heavy atom. The van der Waals surface area contributed by atoms with Crippen molar-refractivity contribution in [2.75, 3.05) is 10.0 Å². The molecule has 0 saturated carbocycles. The summed E-state index contributed by atoms with van der Waals surface area (Å²) in [4.78, 5) is 11.4. The van der Waals surface area contributed by atoms with Gasteiger partial charge in [0.15, 0.2) is 17.5 Å². The fourth-order valence-electron chi connectivity index (χ4n) is 2.41. The van der Waals surface area contributed by atoms with Crippen LogP contribution in [0.1, 0.15) is 10.4 Å². The minimum absolute atomic E-state index is 0.0436. The van der Waals surface area contributed by atoms with Crippen LogP contribution in [0.4, 0.5) is 24.5 Å². The van der Waals surface area contributed by atoms with Crippen molar-refractivity contribution in [1.29, 1.82) is 0 Å². The predicted octanol–water partition coefficient (Wildman–Crippen LogP) is 4.16. The summed E-state index contributed by atoms with van der Waals surface area (Å²) in [7, 11) is -4.62. The molecular formula is C19H13F3N2O3S. The second-order valence-electron chi connectivity index (χ2n) is 5.64. The summed E-state index contributed by atoms with van der Waals surface area (Å²) in [5.41, 5.74) is 0.287. The van der Waals surface area contributed by atoms with E-state index in [1.54, 1.807) is 30.3 Å². The normalized spacial score (nSPS) is 11.1. The van der Waals surface area contributed by atoms with Crippen LogP contribution in [0.2, 0.25) is 0 Å². The number of benzene rings is 3. The number of hydrogen-bond donors (Lipinski definition) is 2. The van der Waals surface area contributed by atoms with Crippen molar-refractivity contribution in [3.8, 4) is 0 Å². The zero-order valence-corrected chi connectivity index (χ0v) is 14.9. The lowest BCUT2D eigenvalue weighted by Gasteiger charge is -2.13. The molecule has 9 heteroatoms. The Morgan fingerprint density at radius 3 is 2.14 bits per heavy atom. The van der Waals surface area contributed by atoms with E-state index in [0.29, 0.717) is 17.8 Å². The van der Waals surface area contributed by atoms with Gasteiger partial charge in [0.25, 0.3) is 15.9 Å². The third kappa shape index (κ3) is 3.99. The van der Waals surface area contributed by atoms with Crippen molar-refractivity contribution in [2.24, 2.45) is 0 Å². The van der Waals surface area contributed by atoms with E-state index < -0.39 is 38.3 Å². The molecule has 0 unspecified atom stereocenters. The Bertz CT molecular complexity index is 1140. The minimum Gasteiger partial charge on any atom is -0.322 e. The van der Waals surface area contributed by atoms with E-state index in [1.165, 1.54) is 24.3 Å². The molecule has 0 fully saturated rings. The van der Waals surface area contributed by atoms with Gasteiger partial charge in [-0.25, -0.2) is 21.6 Å². The topological polar surface area (TPSA) is 75.3 Å². The molecule has 5 nitrogen and oxygen atoms in total. The molecular weight excluding hydrogens is 393 g/mol. The maximum absolute atomic E-state index is 13.9. The van der Waals surface area contributed by atoms with Crippen molar-refractivity contribution < 1.29 is 26.4 Å². The molecule has 0 aromatic heterocycles. The molecule has 0 heterocycles. The van der Waals surface area contributed by atoms with Crippen molar-refractivity contribution in [3.05, 3.63) is 89.7 Å². The van der Waals surface area contributed by atoms with E-state index in [0.717, 1.165) is 0 Å². The third-order valence-electron chi connectivity index (χ3n) is 3.74. The van der Waals surface area contributed by atoms with Crippen molar-refractivity contribution >= 4 is 27.3 Å². The molecule has 1 amide bonds. The monoisotopic (exact) mass is 406 g/mol. The molecule has 3 aromatic rings. The van der Waals surface area contributed by atoms with Gasteiger partial charge in [-0.15, -0.1) is 0 Å². The number of halogens is 3. The smallest absolute Gasteiger partial charge is 0.264 e. The molecule has 0 aliphatic rings. The van der Waals surface area contributed by atoms with Gasteiger partial charge in [-0.2, -0.15) is 0 Å². The number of rotatable bonds is 5. The van der Waals surface area contributed by atoms with Crippen LogP contribution in [0.3, 0.4) is 0 Å². The van der Waals surface area contributed by atoms with Crippen LogP contribution in [0, 0.1) is 17.5 Å². The van der Waals surface area contributed by atoms with Gasteiger partial charge in [-0.05, 0) is 36.4 Å². The second kappa shape index (κ2) is 7.73. The van der Waals surface area contributed by atoms with Crippen LogP contribution in [-0.4, -0.2) is 14.3 Å². The Hall–Kier alpha value is -3.33. The Morgan fingerprint density at radius 1 is 0.786 bits per heavy atom. The fourth-order valence-corrected chi connectivity index (χ4v) is 3.56. The highest BCUT2D eigenvalue weighted by atomic mass is 32.2. The minimum atomic E-state index is -4.62. The molecule has 3 aromatic carbocycles. The number of amides is 1. The summed E-state index contributed by atoms with van der Waals surface area (Å²) >= 11 is 0. The Kier molecular flexibility index (Phi) is 5.36. The van der Waals surface area contributed by atoms with Gasteiger partial charge in [0.05, 0.1) is 11.3 Å². The number of sulfonamides is 1. The predicted molar refractivity (Wildman–Crippen MR) is 98.0 cm³/mol. The van der Waals surface area contributed by atoms with Gasteiger partial charge >= 0.3 is 0 Å². The van der Waals surface area contributed by atoms with E-state index in [4.69, 9.17) is 0 Å². The van der Waals surface area contributed by atoms with Crippen molar-refractivity contribution in [2.45, 2.75) is 4.90 Å². The molecule has 144 valence electrons. The summed E-state index contributed by atoms with van der Waals surface area (Å²) in [6.45, 7) is 0. The molecule has 2 N–H and O–H groups in total. The number of carbonyl (C=O) groups excluding carboxylic acids is 1. The van der Waals surface area contributed by atoms with Crippen LogP contribution >= 0.6 is 0 Å². The quantitative estimate of drug-likeness (QED) is 0.625. The summed E-state index contributed by atoms with van der Waals surface area (Å²) in [5.74, 6) is -5.88. The lowest BCUT2D eigenvalue weighted by atomic mass is 10.1. The van der Waals surface area contributed by atoms with E-state index in [9.17, 15) is 26.4 Å². The molecule has 0 radical (unpaired) electrons. The zero-order chi connectivity index (χ0) is 20.3. The lowest BCUT2D eigenvalue weighted by molar-refractivity contribution is 0.102. The molecule has 0 atom stereocenters. The molecule has 28 heavy (non-hydrogen) atoms. The Labute approximate surface area is 158 Å². The third-order valence-corrected chi connectivity index (χ3v) is 5.12. The van der Waals surface area contributed by atoms with E-state index in [1.807, 2.05) is 4.72 Å². The molecule has 0 aliphatic carbocycles. The van der Waals surface area contributed by atoms with E-state index in [-0.39, 0.29) is 11.3 Å². The van der Waals surface area contributed by atoms with Crippen molar-refractivity contribution in [1.82, 2.24) is 0 Å². The number of para-hydroxylation sites is 2. The average Bonchev–Trinajstić information content (AvgIpc) is 2.67. The maximum Gasteiger partial charge on any atom is 0.264 e. The lowest BCUT2D eigenvalue weighted by Crippen LogP contribution is -2.20. The van der Waals surface area contributed by atoms with E-state index in [2.05, 4.69) is 5.32 Å². The largest absolute Gasteiger partial charge is 0.322 e. The standard InChI is InChI=1S/C19H13F3N2O3S/c20-14-10-11-16(18(22)17(14)21)28(26,27)24-15-9-5-4-8-13(15)19(25)23-12-6-2-1-3-7-12/h1-11,24H,(H,23,25). The molecule has 3 rings (SSSR count). The van der Waals surface area contributed by atoms with Crippen LogP contribution < -0.4 is 10.0 Å². The van der Waals surface area contributed by atoms with Crippen LogP contribution in [-0.2, 0) is 10.0 Å². The summed E-state index contributed by atoms with van der Waals surface area (Å²) in [6.07, 6.45) is 0. The first kappa shape index (κ1) is 19.4. The highest BCUT2D eigenvalue weighted by molar-refractivity contribution is 7.92. The first-order valence-corrected chi connectivity index (χ1v) is 9.39. The SMILES string of the molecule is O=C(Nc1ccccc1)c1ccccc1NS(=O)(=O)c1ccc(F)c(F)c1F. The first-order chi connectivity index (χ1) is 13.3.